The Hall–Kier alpha value is -0.770. The fraction of sp³-hybridized carbons (Fsp3) is 0.562. The molecule has 0 spiro atoms. The molecule has 0 saturated heterocycles. The lowest BCUT2D eigenvalue weighted by atomic mass is 9.91. The van der Waals surface area contributed by atoms with Gasteiger partial charge in [-0.05, 0) is 43.2 Å². The lowest BCUT2D eigenvalue weighted by Gasteiger charge is -2.17. The molecule has 1 aliphatic rings. The number of allylic oxidation sites excluding steroid dienone is 4. The Morgan fingerprint density at radius 2 is 2.10 bits per heavy atom. The Balaban J connectivity index is 2.28. The molecular formula is C16H23Cl2N3. The second kappa shape index (κ2) is 7.48. The highest BCUT2D eigenvalue weighted by atomic mass is 35.5. The third-order valence-electron chi connectivity index (χ3n) is 3.87. The van der Waals surface area contributed by atoms with Crippen LogP contribution in [0.1, 0.15) is 37.2 Å². The number of aromatic nitrogens is 2. The molecule has 1 aromatic heterocycles. The molecule has 0 bridgehead atoms. The number of halogens is 2. The third kappa shape index (κ3) is 3.91. The van der Waals surface area contributed by atoms with Crippen molar-refractivity contribution in [2.45, 2.75) is 46.1 Å². The Morgan fingerprint density at radius 3 is 2.67 bits per heavy atom. The standard InChI is InChI=1S/C16H23Cl2N3/c1-3-15-14(16(4-2)21(20-15)6-5-19)9-11-7-12(17)10-13(18)8-11/h7,10-11H,3-6,8-9,19H2,1-2H3. The lowest BCUT2D eigenvalue weighted by Crippen LogP contribution is -2.14. The number of aryl methyl sites for hydroxylation is 1. The van der Waals surface area contributed by atoms with Crippen molar-refractivity contribution >= 4 is 23.2 Å². The second-order valence-electron chi connectivity index (χ2n) is 5.40. The van der Waals surface area contributed by atoms with Crippen molar-refractivity contribution < 1.29 is 0 Å². The molecule has 2 rings (SSSR count). The minimum Gasteiger partial charge on any atom is -0.329 e. The molecule has 2 N–H and O–H groups in total. The maximum Gasteiger partial charge on any atom is 0.0656 e. The Bertz CT molecular complexity index is 558. The summed E-state index contributed by atoms with van der Waals surface area (Å²) >= 11 is 12.3. The summed E-state index contributed by atoms with van der Waals surface area (Å²) in [5.41, 5.74) is 9.52. The molecule has 116 valence electrons. The fourth-order valence-electron chi connectivity index (χ4n) is 3.00. The summed E-state index contributed by atoms with van der Waals surface area (Å²) in [5, 5.41) is 6.30. The van der Waals surface area contributed by atoms with Crippen LogP contribution in [0.15, 0.2) is 22.2 Å². The molecule has 0 saturated carbocycles. The van der Waals surface area contributed by atoms with Crippen LogP contribution in [0.2, 0.25) is 0 Å². The predicted molar refractivity (Wildman–Crippen MR) is 89.7 cm³/mol. The largest absolute Gasteiger partial charge is 0.329 e. The van der Waals surface area contributed by atoms with Crippen LogP contribution in [0, 0.1) is 5.92 Å². The van der Waals surface area contributed by atoms with Crippen molar-refractivity contribution in [3.63, 3.8) is 0 Å². The first-order valence-corrected chi connectivity index (χ1v) is 8.35. The lowest BCUT2D eigenvalue weighted by molar-refractivity contribution is 0.586. The Morgan fingerprint density at radius 1 is 1.33 bits per heavy atom. The summed E-state index contributed by atoms with van der Waals surface area (Å²) < 4.78 is 2.07. The average molecular weight is 328 g/mol. The van der Waals surface area contributed by atoms with Crippen molar-refractivity contribution in [3.05, 3.63) is 39.2 Å². The van der Waals surface area contributed by atoms with E-state index in [1.54, 1.807) is 0 Å². The summed E-state index contributed by atoms with van der Waals surface area (Å²) in [4.78, 5) is 0. The molecule has 1 aliphatic carbocycles. The number of nitrogens with two attached hydrogens (primary N) is 1. The van der Waals surface area contributed by atoms with Crippen molar-refractivity contribution in [1.82, 2.24) is 9.78 Å². The molecule has 0 aromatic carbocycles. The van der Waals surface area contributed by atoms with Gasteiger partial charge in [-0.15, -0.1) is 0 Å². The molecule has 1 atom stereocenters. The maximum absolute atomic E-state index is 6.17. The zero-order chi connectivity index (χ0) is 15.4. The van der Waals surface area contributed by atoms with E-state index in [0.29, 0.717) is 12.5 Å². The van der Waals surface area contributed by atoms with E-state index >= 15 is 0 Å². The normalized spacial score (nSPS) is 18.6. The second-order valence-corrected chi connectivity index (χ2v) is 6.32. The van der Waals surface area contributed by atoms with Crippen LogP contribution in [0.4, 0.5) is 0 Å². The van der Waals surface area contributed by atoms with E-state index in [4.69, 9.17) is 34.0 Å². The van der Waals surface area contributed by atoms with E-state index in [2.05, 4.69) is 24.6 Å². The van der Waals surface area contributed by atoms with Gasteiger partial charge >= 0.3 is 0 Å². The molecule has 5 heteroatoms. The Kier molecular flexibility index (Phi) is 5.91. The van der Waals surface area contributed by atoms with Gasteiger partial charge in [0.1, 0.15) is 0 Å². The van der Waals surface area contributed by atoms with Gasteiger partial charge in [0.05, 0.1) is 12.2 Å². The van der Waals surface area contributed by atoms with Gasteiger partial charge in [0, 0.05) is 22.3 Å². The van der Waals surface area contributed by atoms with Crippen molar-refractivity contribution in [3.8, 4) is 0 Å². The van der Waals surface area contributed by atoms with Gasteiger partial charge in [-0.2, -0.15) is 5.10 Å². The van der Waals surface area contributed by atoms with E-state index in [1.165, 1.54) is 17.0 Å². The summed E-state index contributed by atoms with van der Waals surface area (Å²) in [6, 6.07) is 0. The van der Waals surface area contributed by atoms with Crippen LogP contribution in [-0.4, -0.2) is 16.3 Å². The van der Waals surface area contributed by atoms with Crippen LogP contribution in [-0.2, 0) is 25.8 Å². The summed E-state index contributed by atoms with van der Waals surface area (Å²) in [6.45, 7) is 5.71. The highest BCUT2D eigenvalue weighted by molar-refractivity contribution is 6.34. The van der Waals surface area contributed by atoms with E-state index in [0.717, 1.165) is 42.3 Å². The zero-order valence-corrected chi connectivity index (χ0v) is 14.2. The molecular weight excluding hydrogens is 305 g/mol. The molecule has 3 nitrogen and oxygen atoms in total. The van der Waals surface area contributed by atoms with Gasteiger partial charge in [0.25, 0.3) is 0 Å². The highest BCUT2D eigenvalue weighted by Gasteiger charge is 2.21. The van der Waals surface area contributed by atoms with Crippen molar-refractivity contribution in [2.24, 2.45) is 11.7 Å². The molecule has 0 amide bonds. The SMILES string of the molecule is CCc1nn(CCN)c(CC)c1CC1C=C(Cl)C=C(Cl)C1. The minimum atomic E-state index is 0.348. The van der Waals surface area contributed by atoms with Crippen LogP contribution in [0.25, 0.3) is 0 Å². The molecule has 0 radical (unpaired) electrons. The number of nitrogens with zero attached hydrogens (tertiary/aromatic N) is 2. The maximum atomic E-state index is 6.17. The van der Waals surface area contributed by atoms with Crippen molar-refractivity contribution in [1.29, 1.82) is 0 Å². The molecule has 1 heterocycles. The van der Waals surface area contributed by atoms with E-state index < -0.39 is 0 Å². The van der Waals surface area contributed by atoms with Gasteiger partial charge in [-0.1, -0.05) is 43.1 Å². The zero-order valence-electron chi connectivity index (χ0n) is 12.7. The smallest absolute Gasteiger partial charge is 0.0656 e. The molecule has 1 aromatic rings. The Labute approximate surface area is 136 Å². The van der Waals surface area contributed by atoms with E-state index in [1.807, 2.05) is 6.08 Å². The van der Waals surface area contributed by atoms with E-state index in [9.17, 15) is 0 Å². The first kappa shape index (κ1) is 16.6. The van der Waals surface area contributed by atoms with Gasteiger partial charge in [0.2, 0.25) is 0 Å². The first-order valence-electron chi connectivity index (χ1n) is 7.59. The quantitative estimate of drug-likeness (QED) is 0.864. The molecule has 0 aliphatic heterocycles. The van der Waals surface area contributed by atoms with Gasteiger partial charge < -0.3 is 5.73 Å². The van der Waals surface area contributed by atoms with Gasteiger partial charge in [-0.25, -0.2) is 0 Å². The van der Waals surface area contributed by atoms with Crippen LogP contribution >= 0.6 is 23.2 Å². The summed E-state index contributed by atoms with van der Waals surface area (Å²) in [6.07, 6.45) is 7.64. The van der Waals surface area contributed by atoms with Gasteiger partial charge in [0.15, 0.2) is 0 Å². The highest BCUT2D eigenvalue weighted by Crippen LogP contribution is 2.31. The molecule has 1 unspecified atom stereocenters. The predicted octanol–water partition coefficient (Wildman–Crippen LogP) is 3.77. The minimum absolute atomic E-state index is 0.348. The van der Waals surface area contributed by atoms with Crippen molar-refractivity contribution in [2.75, 3.05) is 6.54 Å². The summed E-state index contributed by atoms with van der Waals surface area (Å²) in [7, 11) is 0. The number of hydrogen-bond acceptors (Lipinski definition) is 2. The monoisotopic (exact) mass is 327 g/mol. The first-order chi connectivity index (χ1) is 10.1. The number of rotatable bonds is 6. The molecule has 0 fully saturated rings. The molecule has 21 heavy (non-hydrogen) atoms. The van der Waals surface area contributed by atoms with E-state index in [-0.39, 0.29) is 0 Å². The van der Waals surface area contributed by atoms with Gasteiger partial charge in [-0.3, -0.25) is 4.68 Å². The average Bonchev–Trinajstić information content (AvgIpc) is 2.75. The third-order valence-corrected chi connectivity index (χ3v) is 4.37. The van der Waals surface area contributed by atoms with Crippen LogP contribution < -0.4 is 5.73 Å². The summed E-state index contributed by atoms with van der Waals surface area (Å²) in [5.74, 6) is 0.348. The fourth-order valence-corrected chi connectivity index (χ4v) is 3.68. The van der Waals surface area contributed by atoms with Crippen LogP contribution in [0.5, 0.6) is 0 Å². The number of hydrogen-bond donors (Lipinski definition) is 1. The topological polar surface area (TPSA) is 43.8 Å². The van der Waals surface area contributed by atoms with Crippen LogP contribution in [0.3, 0.4) is 0 Å².